The molecule has 0 bridgehead atoms. The third kappa shape index (κ3) is 4.93. The van der Waals surface area contributed by atoms with Crippen LogP contribution in [0.4, 0.5) is 21.6 Å². The molecule has 0 atom stereocenters. The van der Waals surface area contributed by atoms with E-state index in [0.29, 0.717) is 34.1 Å². The number of primary amides is 1. The Morgan fingerprint density at radius 1 is 1.11 bits per heavy atom. The highest BCUT2D eigenvalue weighted by Gasteiger charge is 2.29. The number of amides is 2. The third-order valence-corrected chi connectivity index (χ3v) is 8.56. The minimum Gasteiger partial charge on any atom is -0.399 e. The van der Waals surface area contributed by atoms with Gasteiger partial charge in [-0.2, -0.15) is 0 Å². The normalized spacial score (nSPS) is 12.0. The van der Waals surface area contributed by atoms with Crippen molar-refractivity contribution in [2.24, 2.45) is 5.73 Å². The fourth-order valence-corrected chi connectivity index (χ4v) is 5.07. The molecule has 11 nitrogen and oxygen atoms in total. The third-order valence-electron chi connectivity index (χ3n) is 5.37. The predicted octanol–water partition coefficient (Wildman–Crippen LogP) is 3.84. The van der Waals surface area contributed by atoms with Crippen LogP contribution in [0.2, 0.25) is 0 Å². The van der Waals surface area contributed by atoms with E-state index >= 15 is 0 Å². The number of nitrogens with one attached hydrogen (secondary N) is 1. The summed E-state index contributed by atoms with van der Waals surface area (Å²) in [6.07, 6.45) is 4.67. The lowest BCUT2D eigenvalue weighted by Gasteiger charge is -2.19. The van der Waals surface area contributed by atoms with Crippen molar-refractivity contribution in [2.75, 3.05) is 21.9 Å². The van der Waals surface area contributed by atoms with Crippen LogP contribution in [0.15, 0.2) is 42.9 Å². The molecule has 5 N–H and O–H groups in total. The van der Waals surface area contributed by atoms with Crippen molar-refractivity contribution in [1.82, 2.24) is 19.9 Å². The van der Waals surface area contributed by atoms with Crippen LogP contribution in [0.25, 0.3) is 32.6 Å². The molecular formula is C23H26N8O3S2. The summed E-state index contributed by atoms with van der Waals surface area (Å²) in [5.74, 6) is -0.0246. The first-order valence-electron chi connectivity index (χ1n) is 11.0. The van der Waals surface area contributed by atoms with E-state index in [0.717, 1.165) is 15.8 Å². The van der Waals surface area contributed by atoms with E-state index in [1.807, 2.05) is 19.1 Å². The van der Waals surface area contributed by atoms with Gasteiger partial charge in [-0.3, -0.25) is 14.6 Å². The van der Waals surface area contributed by atoms with E-state index in [4.69, 9.17) is 11.5 Å². The fourth-order valence-electron chi connectivity index (χ4n) is 3.28. The van der Waals surface area contributed by atoms with Gasteiger partial charge >= 0.3 is 6.03 Å². The topological polar surface area (TPSA) is 170 Å². The van der Waals surface area contributed by atoms with Gasteiger partial charge in [-0.1, -0.05) is 11.3 Å². The lowest BCUT2D eigenvalue weighted by molar-refractivity contribution is 0.254. The Labute approximate surface area is 212 Å². The second kappa shape index (κ2) is 9.32. The largest absolute Gasteiger partial charge is 0.399 e. The standard InChI is InChI=1S/C23H26N8O3S2/c1-5-31(20(25)32)22-29-18-9-13(8-16(19(18)35-22)17-10-15(24)6-7-26-17)14-11-27-21(28-12-14)30-36(33,34)23(2,3)4/h6-12H,5H2,1-4H3,(H2,24,26)(H2,25,32)(H,27,28,30). The van der Waals surface area contributed by atoms with Crippen LogP contribution in [0.1, 0.15) is 27.7 Å². The molecule has 1 aromatic carbocycles. The molecule has 36 heavy (non-hydrogen) atoms. The van der Waals surface area contributed by atoms with Gasteiger partial charge in [-0.15, -0.1) is 0 Å². The summed E-state index contributed by atoms with van der Waals surface area (Å²) in [6, 6.07) is 6.61. The minimum absolute atomic E-state index is 0.0246. The molecule has 0 spiro atoms. The number of carbonyl (C=O) groups excluding carboxylic acids is 1. The first kappa shape index (κ1) is 25.3. The van der Waals surface area contributed by atoms with Crippen molar-refractivity contribution in [3.8, 4) is 22.4 Å². The van der Waals surface area contributed by atoms with Crippen LogP contribution in [-0.4, -0.2) is 45.7 Å². The molecule has 0 aliphatic carbocycles. The van der Waals surface area contributed by atoms with Gasteiger partial charge in [0.25, 0.3) is 0 Å². The highest BCUT2D eigenvalue weighted by atomic mass is 32.2. The van der Waals surface area contributed by atoms with Crippen LogP contribution >= 0.6 is 11.3 Å². The number of carbonyl (C=O) groups is 1. The summed E-state index contributed by atoms with van der Waals surface area (Å²) < 4.78 is 27.1. The number of anilines is 3. The number of nitrogens with two attached hydrogens (primary N) is 2. The molecule has 188 valence electrons. The second-order valence-corrected chi connectivity index (χ2v) is 12.4. The number of hydrogen-bond acceptors (Lipinski definition) is 9. The summed E-state index contributed by atoms with van der Waals surface area (Å²) in [5.41, 5.74) is 15.5. The quantitative estimate of drug-likeness (QED) is 0.340. The zero-order valence-electron chi connectivity index (χ0n) is 20.2. The fraction of sp³-hybridized carbons (Fsp3) is 0.261. The first-order valence-corrected chi connectivity index (χ1v) is 13.3. The SMILES string of the molecule is CCN(C(N)=O)c1nc2cc(-c3cnc(NS(=O)(=O)C(C)(C)C)nc3)cc(-c3cc(N)ccn3)c2s1. The summed E-state index contributed by atoms with van der Waals surface area (Å²) >= 11 is 1.33. The molecule has 0 aliphatic heterocycles. The molecule has 3 aromatic heterocycles. The molecular weight excluding hydrogens is 500 g/mol. The van der Waals surface area contributed by atoms with Gasteiger partial charge in [0.1, 0.15) is 0 Å². The van der Waals surface area contributed by atoms with E-state index < -0.39 is 20.8 Å². The number of rotatable bonds is 6. The lowest BCUT2D eigenvalue weighted by Crippen LogP contribution is -2.35. The van der Waals surface area contributed by atoms with Crippen molar-refractivity contribution >= 4 is 54.4 Å². The average Bonchev–Trinajstić information content (AvgIpc) is 3.21. The Bertz CT molecular complexity index is 1540. The van der Waals surface area contributed by atoms with Crippen molar-refractivity contribution < 1.29 is 13.2 Å². The number of hydrogen-bond donors (Lipinski definition) is 3. The van der Waals surface area contributed by atoms with Gasteiger partial charge < -0.3 is 11.5 Å². The molecule has 0 fully saturated rings. The molecule has 0 saturated carbocycles. The molecule has 0 radical (unpaired) electrons. The zero-order chi connectivity index (χ0) is 26.3. The minimum atomic E-state index is -3.67. The summed E-state index contributed by atoms with van der Waals surface area (Å²) in [4.78, 5) is 30.8. The van der Waals surface area contributed by atoms with Gasteiger partial charge in [-0.25, -0.2) is 28.2 Å². The van der Waals surface area contributed by atoms with Gasteiger partial charge in [-0.05, 0) is 57.5 Å². The number of nitrogen functional groups attached to an aromatic ring is 1. The molecule has 3 heterocycles. The number of thiazole rings is 1. The molecule has 4 rings (SSSR count). The summed E-state index contributed by atoms with van der Waals surface area (Å²) in [7, 11) is -3.67. The number of benzene rings is 1. The Hall–Kier alpha value is -3.84. The maximum absolute atomic E-state index is 12.4. The molecule has 0 unspecified atom stereocenters. The molecule has 2 amide bonds. The van der Waals surface area contributed by atoms with E-state index in [1.54, 1.807) is 39.1 Å². The number of urea groups is 1. The zero-order valence-corrected chi connectivity index (χ0v) is 21.8. The van der Waals surface area contributed by atoms with Gasteiger partial charge in [0, 0.05) is 41.9 Å². The molecule has 4 aromatic rings. The van der Waals surface area contributed by atoms with Crippen molar-refractivity contribution in [3.05, 3.63) is 42.9 Å². The van der Waals surface area contributed by atoms with Crippen molar-refractivity contribution in [2.45, 2.75) is 32.4 Å². The van der Waals surface area contributed by atoms with Gasteiger partial charge in [0.2, 0.25) is 16.0 Å². The van der Waals surface area contributed by atoms with Gasteiger partial charge in [0.05, 0.1) is 20.7 Å². The highest BCUT2D eigenvalue weighted by Crippen LogP contribution is 2.39. The van der Waals surface area contributed by atoms with Crippen LogP contribution in [0, 0.1) is 0 Å². The first-order chi connectivity index (χ1) is 16.9. The molecule has 0 saturated heterocycles. The summed E-state index contributed by atoms with van der Waals surface area (Å²) in [5, 5.41) is 0.463. The molecule has 0 aliphatic rings. The smallest absolute Gasteiger partial charge is 0.321 e. The van der Waals surface area contributed by atoms with Crippen LogP contribution in [0.3, 0.4) is 0 Å². The Kier molecular flexibility index (Phi) is 6.54. The highest BCUT2D eigenvalue weighted by molar-refractivity contribution is 7.94. The lowest BCUT2D eigenvalue weighted by atomic mass is 10.0. The van der Waals surface area contributed by atoms with Crippen LogP contribution in [-0.2, 0) is 10.0 Å². The van der Waals surface area contributed by atoms with Crippen molar-refractivity contribution in [1.29, 1.82) is 0 Å². The van der Waals surface area contributed by atoms with E-state index in [2.05, 4.69) is 24.7 Å². The average molecular weight is 527 g/mol. The van der Waals surface area contributed by atoms with Crippen LogP contribution < -0.4 is 21.1 Å². The maximum Gasteiger partial charge on any atom is 0.321 e. The Morgan fingerprint density at radius 3 is 2.39 bits per heavy atom. The summed E-state index contributed by atoms with van der Waals surface area (Å²) in [6.45, 7) is 6.95. The Morgan fingerprint density at radius 2 is 1.81 bits per heavy atom. The maximum atomic E-state index is 12.4. The van der Waals surface area contributed by atoms with Gasteiger partial charge in [0.15, 0.2) is 5.13 Å². The Balaban J connectivity index is 1.82. The van der Waals surface area contributed by atoms with Crippen LogP contribution in [0.5, 0.6) is 0 Å². The number of pyridine rings is 1. The number of sulfonamides is 1. The molecule has 13 heteroatoms. The second-order valence-electron chi connectivity index (χ2n) is 8.94. The van der Waals surface area contributed by atoms with E-state index in [-0.39, 0.29) is 5.95 Å². The number of aromatic nitrogens is 4. The number of nitrogens with zero attached hydrogens (tertiary/aromatic N) is 5. The van der Waals surface area contributed by atoms with E-state index in [1.165, 1.54) is 28.6 Å². The van der Waals surface area contributed by atoms with Crippen molar-refractivity contribution in [3.63, 3.8) is 0 Å². The number of fused-ring (bicyclic) bond motifs is 1. The monoisotopic (exact) mass is 526 g/mol. The van der Waals surface area contributed by atoms with E-state index in [9.17, 15) is 13.2 Å². The predicted molar refractivity (Wildman–Crippen MR) is 143 cm³/mol.